The topological polar surface area (TPSA) is 69.7 Å². The van der Waals surface area contributed by atoms with Crippen molar-refractivity contribution < 1.29 is 9.53 Å². The zero-order valence-corrected chi connectivity index (χ0v) is 21.4. The van der Waals surface area contributed by atoms with E-state index < -0.39 is 0 Å². The highest BCUT2D eigenvalue weighted by atomic mass is 32.1. The Labute approximate surface area is 206 Å². The molecule has 2 aromatic rings. The molecule has 1 fully saturated rings. The van der Waals surface area contributed by atoms with Gasteiger partial charge in [-0.1, -0.05) is 6.92 Å². The number of amides is 1. The number of aromatic nitrogens is 1. The van der Waals surface area contributed by atoms with E-state index >= 15 is 0 Å². The Morgan fingerprint density at radius 1 is 1.24 bits per heavy atom. The van der Waals surface area contributed by atoms with E-state index in [1.165, 1.54) is 0 Å². The second kappa shape index (κ2) is 12.9. The molecule has 1 aliphatic heterocycles. The molecule has 3 rings (SSSR count). The predicted octanol–water partition coefficient (Wildman–Crippen LogP) is 4.33. The highest BCUT2D eigenvalue weighted by Gasteiger charge is 2.25. The van der Waals surface area contributed by atoms with Crippen LogP contribution in [0.15, 0.2) is 29.6 Å². The summed E-state index contributed by atoms with van der Waals surface area (Å²) in [5.74, 6) is 0.272. The molecule has 1 aromatic carbocycles. The number of hydrogen-bond donors (Lipinski definition) is 2. The molecule has 33 heavy (non-hydrogen) atoms. The zero-order chi connectivity index (χ0) is 23.6. The van der Waals surface area contributed by atoms with Crippen LogP contribution >= 0.6 is 23.6 Å². The Kier molecular flexibility index (Phi) is 9.90. The van der Waals surface area contributed by atoms with Crippen molar-refractivity contribution in [1.29, 1.82) is 0 Å². The Balaban J connectivity index is 1.42. The molecule has 1 amide bonds. The average molecular weight is 490 g/mol. The molecule has 0 radical (unpaired) electrons. The van der Waals surface area contributed by atoms with Crippen LogP contribution in [0.4, 0.5) is 11.4 Å². The smallest absolute Gasteiger partial charge is 0.270 e. The minimum Gasteiger partial charge on any atom is -0.381 e. The fourth-order valence-corrected chi connectivity index (χ4v) is 4.94. The highest BCUT2D eigenvalue weighted by molar-refractivity contribution is 7.80. The Morgan fingerprint density at radius 3 is 2.64 bits per heavy atom. The van der Waals surface area contributed by atoms with E-state index in [9.17, 15) is 4.79 Å². The first kappa shape index (κ1) is 25.4. The fourth-order valence-electron chi connectivity index (χ4n) is 3.67. The Bertz CT molecular complexity index is 893. The normalized spacial score (nSPS) is 14.2. The van der Waals surface area contributed by atoms with Gasteiger partial charge < -0.3 is 25.2 Å². The van der Waals surface area contributed by atoms with Crippen LogP contribution in [0.3, 0.4) is 0 Å². The molecule has 0 bridgehead atoms. The van der Waals surface area contributed by atoms with E-state index in [4.69, 9.17) is 17.0 Å². The van der Waals surface area contributed by atoms with Crippen molar-refractivity contribution in [3.05, 3.63) is 40.3 Å². The lowest BCUT2D eigenvalue weighted by Gasteiger charge is -2.33. The monoisotopic (exact) mass is 489 g/mol. The van der Waals surface area contributed by atoms with Crippen LogP contribution in [0.2, 0.25) is 0 Å². The predicted molar refractivity (Wildman–Crippen MR) is 141 cm³/mol. The van der Waals surface area contributed by atoms with E-state index in [0.717, 1.165) is 66.9 Å². The van der Waals surface area contributed by atoms with E-state index in [-0.39, 0.29) is 5.91 Å². The average Bonchev–Trinajstić information content (AvgIpc) is 3.32. The van der Waals surface area contributed by atoms with Crippen LogP contribution in [0.25, 0.3) is 0 Å². The minimum atomic E-state index is -0.101. The van der Waals surface area contributed by atoms with Crippen LogP contribution in [0.5, 0.6) is 0 Å². The SMILES string of the molecule is CCCOCCCNC(=O)c1csc(C2CCN(C(=S)Nc3ccc(N(C)C)cc3)CC2)n1. The van der Waals surface area contributed by atoms with Crippen molar-refractivity contribution in [1.82, 2.24) is 15.2 Å². The third-order valence-electron chi connectivity index (χ3n) is 5.62. The summed E-state index contributed by atoms with van der Waals surface area (Å²) in [6, 6.07) is 8.25. The van der Waals surface area contributed by atoms with Crippen LogP contribution in [-0.2, 0) is 4.74 Å². The van der Waals surface area contributed by atoms with E-state index in [0.29, 0.717) is 24.8 Å². The van der Waals surface area contributed by atoms with Crippen molar-refractivity contribution in [2.45, 2.75) is 38.5 Å². The molecule has 0 unspecified atom stereocenters. The van der Waals surface area contributed by atoms with E-state index in [1.807, 2.05) is 19.5 Å². The molecule has 0 saturated carbocycles. The number of nitrogens with zero attached hydrogens (tertiary/aromatic N) is 3. The quantitative estimate of drug-likeness (QED) is 0.380. The number of likely N-dealkylation sites (tertiary alicyclic amines) is 1. The number of carbonyl (C=O) groups excluding carboxylic acids is 1. The zero-order valence-electron chi connectivity index (χ0n) is 19.8. The number of benzene rings is 1. The van der Waals surface area contributed by atoms with Gasteiger partial charge in [-0.2, -0.15) is 0 Å². The van der Waals surface area contributed by atoms with Gasteiger partial charge in [-0.05, 0) is 62.2 Å². The van der Waals surface area contributed by atoms with Gasteiger partial charge in [0.05, 0.1) is 5.01 Å². The van der Waals surface area contributed by atoms with Gasteiger partial charge in [-0.25, -0.2) is 4.98 Å². The summed E-state index contributed by atoms with van der Waals surface area (Å²) < 4.78 is 5.44. The number of thiocarbonyl (C=S) groups is 1. The van der Waals surface area contributed by atoms with Crippen LogP contribution in [0.1, 0.15) is 54.0 Å². The lowest BCUT2D eigenvalue weighted by atomic mass is 9.98. The number of hydrogen-bond acceptors (Lipinski definition) is 6. The lowest BCUT2D eigenvalue weighted by molar-refractivity contribution is 0.0937. The highest BCUT2D eigenvalue weighted by Crippen LogP contribution is 2.30. The third kappa shape index (κ3) is 7.65. The first-order chi connectivity index (χ1) is 16.0. The van der Waals surface area contributed by atoms with Gasteiger partial charge in [0.15, 0.2) is 5.11 Å². The van der Waals surface area contributed by atoms with E-state index in [1.54, 1.807) is 11.3 Å². The van der Waals surface area contributed by atoms with E-state index in [2.05, 4.69) is 56.6 Å². The third-order valence-corrected chi connectivity index (χ3v) is 6.99. The standard InChI is InChI=1S/C24H35N5O2S2/c1-4-15-31-16-5-12-25-22(30)21-17-33-23(27-21)18-10-13-29(14-11-18)24(32)26-19-6-8-20(9-7-19)28(2)3/h6-9,17-18H,4-5,10-16H2,1-3H3,(H,25,30)(H,26,32). The lowest BCUT2D eigenvalue weighted by Crippen LogP contribution is -2.40. The van der Waals surface area contributed by atoms with Crippen LogP contribution in [-0.4, -0.2) is 67.8 Å². The number of anilines is 2. The molecule has 1 aliphatic rings. The van der Waals surface area contributed by atoms with Gasteiger partial charge in [0.1, 0.15) is 5.69 Å². The molecule has 1 aromatic heterocycles. The molecule has 0 aliphatic carbocycles. The van der Waals surface area contributed by atoms with Crippen molar-refractivity contribution in [3.63, 3.8) is 0 Å². The summed E-state index contributed by atoms with van der Waals surface area (Å²) in [5, 5.41) is 9.96. The second-order valence-corrected chi connectivity index (χ2v) is 9.70. The molecular weight excluding hydrogens is 454 g/mol. The van der Waals surface area contributed by atoms with Crippen molar-refractivity contribution in [2.24, 2.45) is 0 Å². The summed E-state index contributed by atoms with van der Waals surface area (Å²) in [4.78, 5) is 21.3. The summed E-state index contributed by atoms with van der Waals surface area (Å²) in [6.45, 7) is 5.90. The molecule has 180 valence electrons. The first-order valence-corrected chi connectivity index (χ1v) is 12.9. The Hall–Kier alpha value is -2.23. The molecule has 9 heteroatoms. The van der Waals surface area contributed by atoms with Crippen LogP contribution < -0.4 is 15.5 Å². The number of nitrogens with one attached hydrogen (secondary N) is 2. The van der Waals surface area contributed by atoms with Gasteiger partial charge in [0, 0.05) is 69.6 Å². The molecule has 1 saturated heterocycles. The van der Waals surface area contributed by atoms with Crippen molar-refractivity contribution >= 4 is 45.9 Å². The molecule has 2 heterocycles. The number of rotatable bonds is 10. The summed E-state index contributed by atoms with van der Waals surface area (Å²) in [5.41, 5.74) is 2.68. The van der Waals surface area contributed by atoms with Gasteiger partial charge >= 0.3 is 0 Å². The molecule has 0 atom stereocenters. The number of carbonyl (C=O) groups is 1. The summed E-state index contributed by atoms with van der Waals surface area (Å²) in [7, 11) is 4.06. The Morgan fingerprint density at radius 2 is 1.97 bits per heavy atom. The fraction of sp³-hybridized carbons (Fsp3) is 0.542. The summed E-state index contributed by atoms with van der Waals surface area (Å²) in [6.07, 6.45) is 3.78. The van der Waals surface area contributed by atoms with Gasteiger partial charge in [-0.15, -0.1) is 11.3 Å². The van der Waals surface area contributed by atoms with Gasteiger partial charge in [0.25, 0.3) is 5.91 Å². The molecule has 2 N–H and O–H groups in total. The molecule has 7 nitrogen and oxygen atoms in total. The van der Waals surface area contributed by atoms with Crippen molar-refractivity contribution in [2.75, 3.05) is 57.2 Å². The largest absolute Gasteiger partial charge is 0.381 e. The van der Waals surface area contributed by atoms with Crippen molar-refractivity contribution in [3.8, 4) is 0 Å². The maximum Gasteiger partial charge on any atom is 0.270 e. The maximum atomic E-state index is 12.4. The van der Waals surface area contributed by atoms with Crippen LogP contribution in [0, 0.1) is 0 Å². The first-order valence-electron chi connectivity index (χ1n) is 11.6. The second-order valence-electron chi connectivity index (χ2n) is 8.43. The number of piperidine rings is 1. The molecule has 0 spiro atoms. The number of thiazole rings is 1. The van der Waals surface area contributed by atoms with Gasteiger partial charge in [-0.3, -0.25) is 4.79 Å². The summed E-state index contributed by atoms with van der Waals surface area (Å²) >= 11 is 7.22. The molecular formula is C24H35N5O2S2. The van der Waals surface area contributed by atoms with Gasteiger partial charge in [0.2, 0.25) is 0 Å². The number of ether oxygens (including phenoxy) is 1. The maximum absolute atomic E-state index is 12.4. The minimum absolute atomic E-state index is 0.101.